The van der Waals surface area contributed by atoms with Gasteiger partial charge in [-0.1, -0.05) is 120 Å². The molecule has 7 aromatic rings. The SMILES string of the molecule is Cc1ccc(C(OC[C@H]2O[C@@H](n3cc(C#CCCC(=O)NCCN4C5(c6ccccc6S4(=O)=O)c4cc6c7c(c4Oc4c5cc5c8c4CCCN8CCC5)CCCN7CCC6)c(=O)[nH]c3=O)CC2OP(OCCC#N)N(C(C)C)C(C)C)(c2ccccc2)c2ccc(C)cc2)cc1. The second-order valence-corrected chi connectivity index (χ2v) is 30.5. The number of fused-ring (bicyclic) bond motifs is 8. The van der Waals surface area contributed by atoms with Crippen LogP contribution in [0.15, 0.2) is 136 Å². The van der Waals surface area contributed by atoms with Crippen molar-refractivity contribution in [2.24, 2.45) is 0 Å². The van der Waals surface area contributed by atoms with Gasteiger partial charge in [0.25, 0.3) is 14.1 Å². The lowest BCUT2D eigenvalue weighted by Crippen LogP contribution is -2.50. The van der Waals surface area contributed by atoms with Gasteiger partial charge < -0.3 is 38.4 Å². The molecule has 0 saturated carbocycles. The summed E-state index contributed by atoms with van der Waals surface area (Å²) in [6, 6.07) is 40.7. The van der Waals surface area contributed by atoms with Crippen LogP contribution in [-0.4, -0.2) is 110 Å². The van der Waals surface area contributed by atoms with Crippen LogP contribution >= 0.6 is 8.53 Å². The summed E-state index contributed by atoms with van der Waals surface area (Å²) in [7, 11) is -5.96. The minimum atomic E-state index is -4.16. The molecule has 20 heteroatoms. The van der Waals surface area contributed by atoms with Gasteiger partial charge in [-0.25, -0.2) is 17.9 Å². The number of hydrogen-bond donors (Lipinski definition) is 2. The number of benzene rings is 6. The molecule has 7 aliphatic rings. The zero-order valence-corrected chi connectivity index (χ0v) is 57.9. The highest BCUT2D eigenvalue weighted by Gasteiger charge is 2.61. The highest BCUT2D eigenvalue weighted by Crippen LogP contribution is 2.64. The summed E-state index contributed by atoms with van der Waals surface area (Å²) in [4.78, 5) is 49.5. The smallest absolute Gasteiger partial charge is 0.330 e. The van der Waals surface area contributed by atoms with E-state index in [-0.39, 0.29) is 80.4 Å². The maximum atomic E-state index is 15.5. The van der Waals surface area contributed by atoms with E-state index in [1.165, 1.54) is 33.3 Å². The molecule has 6 aromatic carbocycles. The molecule has 1 saturated heterocycles. The van der Waals surface area contributed by atoms with Crippen LogP contribution in [0.5, 0.6) is 11.5 Å². The number of ether oxygens (including phenoxy) is 3. The number of hydrogen-bond acceptors (Lipinski definition) is 14. The lowest BCUT2D eigenvalue weighted by atomic mass is 9.70. The van der Waals surface area contributed by atoms with Gasteiger partial charge in [-0.15, -0.1) is 0 Å². The van der Waals surface area contributed by atoms with Crippen molar-refractivity contribution in [3.8, 4) is 29.4 Å². The van der Waals surface area contributed by atoms with E-state index in [1.807, 2.05) is 44.2 Å². The largest absolute Gasteiger partial charge is 0.456 e. The first-order chi connectivity index (χ1) is 47.0. The van der Waals surface area contributed by atoms with Crippen LogP contribution in [0, 0.1) is 37.0 Å². The third-order valence-electron chi connectivity index (χ3n) is 20.4. The Balaban J connectivity index is 0.736. The minimum absolute atomic E-state index is 0.00788. The van der Waals surface area contributed by atoms with E-state index in [0.717, 1.165) is 139 Å². The number of nitriles is 1. The van der Waals surface area contributed by atoms with Crippen molar-refractivity contribution in [1.29, 1.82) is 5.26 Å². The number of H-pyrrole nitrogens is 1. The third kappa shape index (κ3) is 12.0. The standard InChI is InChI=1S/C77H85N8O10PS/c1-50(2)85(51(3)4)96(92-44-18-37-78)95-65-47-69(93-66(65)49-91-77(57-22-8-7-9-23-57,58-33-29-52(5)30-34-58)59-35-31-53(6)32-36-59)83-48-56(74(87)80-75(83)88)19-10-13-28-68(86)79-38-43-84-76(62-26-11-12-27-67(62)97(84,89)90)63-45-54-20-14-39-81-41-16-24-60(70(54)81)72(63)94-73-61-25-17-42-82-40-15-21-55(71(61)82)46-64(73)76/h7-9,11-12,22-23,26-27,29-36,45-46,48,50-51,65-66,69H,13-18,20-21,24-25,28,38-44,47,49H2,1-6H3,(H,79,86)(H,80,87,88)/t65?,66-,69-,96?/m1/s1. The van der Waals surface area contributed by atoms with E-state index in [1.54, 1.807) is 16.4 Å². The van der Waals surface area contributed by atoms with Crippen LogP contribution in [0.1, 0.15) is 158 Å². The second kappa shape index (κ2) is 27.4. The fourth-order valence-electron chi connectivity index (χ4n) is 16.2. The highest BCUT2D eigenvalue weighted by molar-refractivity contribution is 7.89. The second-order valence-electron chi connectivity index (χ2n) is 27.3. The van der Waals surface area contributed by atoms with Crippen molar-refractivity contribution >= 4 is 35.8 Å². The minimum Gasteiger partial charge on any atom is -0.456 e. The van der Waals surface area contributed by atoms with Gasteiger partial charge >= 0.3 is 5.69 Å². The monoisotopic (exact) mass is 1340 g/mol. The molecule has 14 rings (SSSR count). The molecule has 504 valence electrons. The lowest BCUT2D eigenvalue weighted by Gasteiger charge is -2.48. The summed E-state index contributed by atoms with van der Waals surface area (Å²) < 4.78 is 71.5. The number of nitrogens with zero attached hydrogens (tertiary/aromatic N) is 6. The molecule has 1 fully saturated rings. The van der Waals surface area contributed by atoms with Crippen molar-refractivity contribution < 1.29 is 36.5 Å². The van der Waals surface area contributed by atoms with Crippen molar-refractivity contribution in [2.45, 2.75) is 165 Å². The van der Waals surface area contributed by atoms with Crippen LogP contribution in [0.3, 0.4) is 0 Å². The topological polar surface area (TPSA) is 201 Å². The summed E-state index contributed by atoms with van der Waals surface area (Å²) in [5, 5.41) is 12.6. The van der Waals surface area contributed by atoms with Gasteiger partial charge in [-0.2, -0.15) is 9.57 Å². The fraction of sp³-hybridized carbons (Fsp3) is 0.429. The Morgan fingerprint density at radius 3 is 1.95 bits per heavy atom. The van der Waals surface area contributed by atoms with Crippen molar-refractivity contribution in [3.05, 3.63) is 215 Å². The molecule has 0 bridgehead atoms. The number of amides is 1. The van der Waals surface area contributed by atoms with Crippen molar-refractivity contribution in [3.63, 3.8) is 0 Å². The fourth-order valence-corrected chi connectivity index (χ4v) is 19.9. The summed E-state index contributed by atoms with van der Waals surface area (Å²) >= 11 is 0. The number of rotatable bonds is 20. The van der Waals surface area contributed by atoms with E-state index in [4.69, 9.17) is 23.3 Å². The average Bonchev–Trinajstić information content (AvgIpc) is 1.58. The van der Waals surface area contributed by atoms with Gasteiger partial charge in [0.15, 0.2) is 0 Å². The zero-order chi connectivity index (χ0) is 67.3. The van der Waals surface area contributed by atoms with Gasteiger partial charge in [0.2, 0.25) is 15.9 Å². The predicted molar refractivity (Wildman–Crippen MR) is 375 cm³/mol. The van der Waals surface area contributed by atoms with E-state index >= 15 is 8.42 Å². The third-order valence-corrected chi connectivity index (χ3v) is 24.5. The highest BCUT2D eigenvalue weighted by atomic mass is 32.2. The first-order valence-electron chi connectivity index (χ1n) is 34.5. The van der Waals surface area contributed by atoms with Crippen LogP contribution in [0.25, 0.3) is 0 Å². The Morgan fingerprint density at radius 2 is 1.35 bits per heavy atom. The summed E-state index contributed by atoms with van der Waals surface area (Å²) in [5.74, 6) is 7.15. The molecule has 1 spiro atoms. The summed E-state index contributed by atoms with van der Waals surface area (Å²) in [6.45, 7) is 16.4. The molecular weight excluding hydrogens is 1260 g/mol. The Hall–Kier alpha value is -7.94. The van der Waals surface area contributed by atoms with Gasteiger partial charge in [-0.05, 0) is 139 Å². The molecule has 2 unspecified atom stereocenters. The number of aryl methyl sites for hydroxylation is 4. The normalized spacial score (nSPS) is 19.7. The lowest BCUT2D eigenvalue weighted by molar-refractivity contribution is -0.121. The molecule has 8 heterocycles. The maximum absolute atomic E-state index is 15.5. The molecule has 0 radical (unpaired) electrons. The molecule has 4 atom stereocenters. The van der Waals surface area contributed by atoms with Crippen LogP contribution in [0.4, 0.5) is 11.4 Å². The first-order valence-corrected chi connectivity index (χ1v) is 37.1. The van der Waals surface area contributed by atoms with E-state index in [9.17, 15) is 19.6 Å². The molecule has 18 nitrogen and oxygen atoms in total. The maximum Gasteiger partial charge on any atom is 0.330 e. The van der Waals surface area contributed by atoms with E-state index in [2.05, 4.69) is 143 Å². The zero-order valence-electron chi connectivity index (χ0n) is 56.2. The Bertz CT molecular complexity index is 4360. The number of carbonyl (C=O) groups is 1. The first kappa shape index (κ1) is 66.3. The van der Waals surface area contributed by atoms with Crippen molar-refractivity contribution in [2.75, 3.05) is 62.3 Å². The van der Waals surface area contributed by atoms with Gasteiger partial charge in [0.05, 0.1) is 36.7 Å². The number of sulfonamides is 1. The molecule has 7 aliphatic heterocycles. The van der Waals surface area contributed by atoms with Crippen LogP contribution in [0.2, 0.25) is 0 Å². The molecule has 1 aromatic heterocycles. The number of anilines is 2. The van der Waals surface area contributed by atoms with E-state index in [0.29, 0.717) is 5.56 Å². The number of aromatic amines is 1. The van der Waals surface area contributed by atoms with Crippen molar-refractivity contribution in [1.82, 2.24) is 23.8 Å². The van der Waals surface area contributed by atoms with Gasteiger partial charge in [0.1, 0.15) is 40.5 Å². The summed E-state index contributed by atoms with van der Waals surface area (Å²) in [5.41, 5.74) is 10.6. The Morgan fingerprint density at radius 1 is 0.773 bits per heavy atom. The van der Waals surface area contributed by atoms with Crippen LogP contribution < -0.4 is 31.1 Å². The number of nitrogens with one attached hydrogen (secondary N) is 2. The molecule has 0 aliphatic carbocycles. The Kier molecular flexibility index (Phi) is 18.7. The van der Waals surface area contributed by atoms with E-state index < -0.39 is 59.4 Å². The summed E-state index contributed by atoms with van der Waals surface area (Å²) in [6.07, 6.45) is 6.58. The van der Waals surface area contributed by atoms with Gasteiger partial charge in [0, 0.05) is 116 Å². The molecular formula is C77H85N8O10PS. The van der Waals surface area contributed by atoms with Gasteiger partial charge in [-0.3, -0.25) is 19.1 Å². The number of carbonyl (C=O) groups excluding carboxylic acids is 1. The molecule has 1 amide bonds. The predicted octanol–water partition coefficient (Wildman–Crippen LogP) is 11.9. The molecule has 97 heavy (non-hydrogen) atoms. The molecule has 2 N–H and O–H groups in total. The van der Waals surface area contributed by atoms with Crippen LogP contribution in [-0.2, 0) is 70.2 Å². The number of aromatic nitrogens is 2. The quantitative estimate of drug-likeness (QED) is 0.0316. The Labute approximate surface area is 569 Å². The average molecular weight is 1350 g/mol.